The molecule has 0 radical (unpaired) electrons. The van der Waals surface area contributed by atoms with Crippen molar-refractivity contribution < 1.29 is 114 Å². The monoisotopic (exact) mass is 831 g/mol. The number of carboxylic acid groups (broad SMARTS) is 1. The Balaban J connectivity index is 1.34. The highest BCUT2D eigenvalue weighted by atomic mass is 16.8. The van der Waals surface area contributed by atoms with Crippen LogP contribution in [0, 0.1) is 0 Å². The van der Waals surface area contributed by atoms with E-state index in [1.165, 1.54) is 18.2 Å². The standard InChI is InChI=1S/C35H42O23/c36-8-20-25(45)27(47)30(50)34(56-20)53-12-4-15(38)13-6-19(31(54-18(13)5-12)11-1-2-14(37)16(39)3-11)55-35-32(58-33-29(49)24(44)17(40)9-52-33)28(48)26(46)21(57-35)10-51-23(43)7-22(41)42/h1-6,17-18,20-21,24-30,32-40,44-50H,7-10H2,(H,41,42)/p+1. The zero-order valence-electron chi connectivity index (χ0n) is 29.9. The number of aliphatic hydroxyl groups excluding tert-OH is 10. The Hall–Kier alpha value is -4.60. The number of hydrogen-bond donors (Lipinski definition) is 13. The van der Waals surface area contributed by atoms with Crippen molar-refractivity contribution in [1.29, 1.82) is 0 Å². The van der Waals surface area contributed by atoms with Crippen molar-refractivity contribution >= 4 is 17.7 Å². The van der Waals surface area contributed by atoms with Crippen LogP contribution in [0.3, 0.4) is 0 Å². The molecule has 0 amide bonds. The third-order valence-electron chi connectivity index (χ3n) is 9.69. The number of fused-ring (bicyclic) bond motifs is 1. The summed E-state index contributed by atoms with van der Waals surface area (Å²) in [6.07, 6.45) is -23.0. The molecule has 0 saturated carbocycles. The normalized spacial score (nSPS) is 37.7. The van der Waals surface area contributed by atoms with E-state index in [1.54, 1.807) is 0 Å². The van der Waals surface area contributed by atoms with Crippen LogP contribution >= 0.6 is 0 Å². The minimum atomic E-state index is -2.02. The Morgan fingerprint density at radius 3 is 2.16 bits per heavy atom. The van der Waals surface area contributed by atoms with Crippen molar-refractivity contribution in [2.24, 2.45) is 0 Å². The number of aliphatic hydroxyl groups is 12. The second kappa shape index (κ2) is 17.7. The molecular formula is C35H43O23+. The van der Waals surface area contributed by atoms with Crippen LogP contribution in [-0.2, 0) is 42.7 Å². The van der Waals surface area contributed by atoms with E-state index in [0.29, 0.717) is 0 Å². The number of phenolic OH excluding ortho intramolecular Hbond substituents is 2. The van der Waals surface area contributed by atoms with Crippen molar-refractivity contribution in [1.82, 2.24) is 0 Å². The molecule has 0 aromatic heterocycles. The number of hydrogen-bond acceptors (Lipinski definition) is 21. The molecule has 0 spiro atoms. The molecule has 1 aromatic carbocycles. The van der Waals surface area contributed by atoms with Crippen LogP contribution in [0.1, 0.15) is 12.0 Å². The molecular weight excluding hydrogens is 788 g/mol. The number of carbonyl (C=O) groups is 2. The number of carbonyl (C=O) groups excluding carboxylic acids is 1. The first-order valence-corrected chi connectivity index (χ1v) is 17.6. The SMILES string of the molecule is O=C(O)CC(=O)OCC1OC(OC2=C(c3ccc(O)c(O)c3)[OH+]C3C=C(OC4OC(CO)C(O)C(O)C4O)C=C(O)C3=C2)C(OC2OCC(O)C(O)C2O)C(O)C1O. The number of carboxylic acids is 1. The number of rotatable bonds is 12. The number of allylic oxidation sites excluding steroid dienone is 2. The lowest BCUT2D eigenvalue weighted by Gasteiger charge is -2.44. The van der Waals surface area contributed by atoms with E-state index < -0.39 is 148 Å². The predicted octanol–water partition coefficient (Wildman–Crippen LogP) is -4.94. The fourth-order valence-corrected chi connectivity index (χ4v) is 6.50. The Bertz CT molecular complexity index is 1810. The van der Waals surface area contributed by atoms with Crippen LogP contribution in [0.2, 0.25) is 0 Å². The average Bonchev–Trinajstić information content (AvgIpc) is 3.18. The maximum atomic E-state index is 12.0. The lowest BCUT2D eigenvalue weighted by molar-refractivity contribution is -0.351. The molecule has 5 aliphatic rings. The van der Waals surface area contributed by atoms with Gasteiger partial charge in [0, 0.05) is 18.2 Å². The largest absolute Gasteiger partial charge is 0.571 e. The van der Waals surface area contributed by atoms with Gasteiger partial charge in [0.1, 0.15) is 85.6 Å². The van der Waals surface area contributed by atoms with E-state index >= 15 is 0 Å². The van der Waals surface area contributed by atoms with Gasteiger partial charge in [0.25, 0.3) is 0 Å². The van der Waals surface area contributed by atoms with Crippen molar-refractivity contribution in [2.75, 3.05) is 19.8 Å². The van der Waals surface area contributed by atoms with E-state index in [1.807, 2.05) is 0 Å². The molecule has 320 valence electrons. The first kappa shape index (κ1) is 43.0. The van der Waals surface area contributed by atoms with Gasteiger partial charge in [-0.05, 0) is 12.1 Å². The number of benzene rings is 1. The van der Waals surface area contributed by atoms with Crippen LogP contribution in [-0.4, -0.2) is 195 Å². The lowest BCUT2D eigenvalue weighted by Crippen LogP contribution is -2.63. The number of esters is 1. The fourth-order valence-electron chi connectivity index (χ4n) is 6.50. The molecule has 15 atom stereocenters. The quantitative estimate of drug-likeness (QED) is 0.0406. The lowest BCUT2D eigenvalue weighted by atomic mass is 9.96. The number of aromatic hydroxyl groups is 2. The Kier molecular flexibility index (Phi) is 13.1. The summed E-state index contributed by atoms with van der Waals surface area (Å²) >= 11 is 0. The van der Waals surface area contributed by atoms with Crippen LogP contribution in [0.4, 0.5) is 0 Å². The first-order valence-electron chi connectivity index (χ1n) is 17.6. The number of aliphatic carboxylic acids is 1. The Morgan fingerprint density at radius 1 is 0.776 bits per heavy atom. The van der Waals surface area contributed by atoms with E-state index in [-0.39, 0.29) is 28.4 Å². The molecule has 15 unspecified atom stereocenters. The molecule has 58 heavy (non-hydrogen) atoms. The molecule has 4 aliphatic heterocycles. The summed E-state index contributed by atoms with van der Waals surface area (Å²) in [4.78, 5) is 23.0. The minimum Gasteiger partial charge on any atom is -0.571 e. The molecule has 1 aromatic rings. The van der Waals surface area contributed by atoms with Crippen LogP contribution in [0.5, 0.6) is 11.5 Å². The third kappa shape index (κ3) is 9.01. The highest BCUT2D eigenvalue weighted by Gasteiger charge is 2.52. The van der Waals surface area contributed by atoms with Crippen LogP contribution in [0.15, 0.2) is 59.3 Å². The van der Waals surface area contributed by atoms with E-state index in [4.69, 9.17) is 38.3 Å². The summed E-state index contributed by atoms with van der Waals surface area (Å²) in [5, 5.41) is 134. The number of phenols is 2. The zero-order chi connectivity index (χ0) is 42.2. The van der Waals surface area contributed by atoms with E-state index in [9.17, 15) is 70.9 Å². The average molecular weight is 832 g/mol. The van der Waals surface area contributed by atoms with Gasteiger partial charge in [-0.3, -0.25) is 9.59 Å². The first-order chi connectivity index (χ1) is 27.5. The molecule has 23 heteroatoms. The van der Waals surface area contributed by atoms with Gasteiger partial charge < -0.3 is 104 Å². The highest BCUT2D eigenvalue weighted by Crippen LogP contribution is 2.40. The maximum absolute atomic E-state index is 12.0. The summed E-state index contributed by atoms with van der Waals surface area (Å²) < 4.78 is 43.7. The zero-order valence-corrected chi connectivity index (χ0v) is 29.9. The molecule has 4 heterocycles. The third-order valence-corrected chi connectivity index (χ3v) is 9.69. The van der Waals surface area contributed by atoms with Gasteiger partial charge in [0.2, 0.25) is 24.4 Å². The van der Waals surface area contributed by atoms with Crippen molar-refractivity contribution in [2.45, 2.75) is 98.5 Å². The van der Waals surface area contributed by atoms with Crippen molar-refractivity contribution in [3.63, 3.8) is 0 Å². The minimum absolute atomic E-state index is 0.0130. The topological polar surface area (TPSA) is 375 Å². The molecule has 3 fully saturated rings. The molecule has 23 nitrogen and oxygen atoms in total. The van der Waals surface area contributed by atoms with Crippen LogP contribution < -0.4 is 0 Å². The molecule has 3 saturated heterocycles. The molecule has 1 aliphatic carbocycles. The Morgan fingerprint density at radius 2 is 1.47 bits per heavy atom. The van der Waals surface area contributed by atoms with Gasteiger partial charge in [-0.2, -0.15) is 0 Å². The molecule has 14 N–H and O–H groups in total. The second-order valence-corrected chi connectivity index (χ2v) is 13.8. The fraction of sp³-hybridized carbons (Fsp3) is 0.543. The van der Waals surface area contributed by atoms with Crippen molar-refractivity contribution in [3.8, 4) is 11.5 Å². The predicted molar refractivity (Wildman–Crippen MR) is 182 cm³/mol. The van der Waals surface area contributed by atoms with Gasteiger partial charge >= 0.3 is 17.7 Å². The van der Waals surface area contributed by atoms with Gasteiger partial charge in [0.05, 0.1) is 30.4 Å². The molecule has 6 rings (SSSR count). The summed E-state index contributed by atoms with van der Waals surface area (Å²) in [6.45, 7) is -2.09. The summed E-state index contributed by atoms with van der Waals surface area (Å²) in [6, 6.07) is 3.50. The molecule has 0 bridgehead atoms. The number of ether oxygens (including phenoxy) is 8. The maximum Gasteiger partial charge on any atom is 0.317 e. The smallest absolute Gasteiger partial charge is 0.317 e. The highest BCUT2D eigenvalue weighted by molar-refractivity contribution is 5.90. The van der Waals surface area contributed by atoms with Gasteiger partial charge in [-0.25, -0.2) is 0 Å². The summed E-state index contributed by atoms with van der Waals surface area (Å²) in [5.41, 5.74) is 0.0784. The van der Waals surface area contributed by atoms with Crippen molar-refractivity contribution in [3.05, 3.63) is 64.8 Å². The van der Waals surface area contributed by atoms with E-state index in [2.05, 4.69) is 4.74 Å². The van der Waals surface area contributed by atoms with E-state index in [0.717, 1.165) is 18.2 Å². The second-order valence-electron chi connectivity index (χ2n) is 13.8. The Labute approximate surface area is 326 Å². The van der Waals surface area contributed by atoms with Crippen LogP contribution in [0.25, 0.3) is 5.76 Å². The van der Waals surface area contributed by atoms with Gasteiger partial charge in [-0.1, -0.05) is 0 Å². The van der Waals surface area contributed by atoms with Gasteiger partial charge in [-0.15, -0.1) is 0 Å². The summed E-state index contributed by atoms with van der Waals surface area (Å²) in [7, 11) is 0. The summed E-state index contributed by atoms with van der Waals surface area (Å²) in [5.74, 6) is -4.97. The van der Waals surface area contributed by atoms with Gasteiger partial charge in [0.15, 0.2) is 23.9 Å².